The Morgan fingerprint density at radius 1 is 0.897 bits per heavy atom. The largest absolute Gasteiger partial charge is 0.493 e. The molecule has 0 spiro atoms. The average Bonchev–Trinajstić information content (AvgIpc) is 2.74. The molecule has 0 saturated carbocycles. The first-order chi connectivity index (χ1) is 14.1. The minimum absolute atomic E-state index is 0.174. The average molecular weight is 452 g/mol. The first kappa shape index (κ1) is 18.9. The van der Waals surface area contributed by atoms with Crippen molar-refractivity contribution in [2.24, 2.45) is 0 Å². The van der Waals surface area contributed by atoms with Gasteiger partial charge in [-0.05, 0) is 58.4 Å². The fourth-order valence-electron chi connectivity index (χ4n) is 2.97. The van der Waals surface area contributed by atoms with Crippen molar-refractivity contribution in [3.8, 4) is 22.8 Å². The van der Waals surface area contributed by atoms with Crippen molar-refractivity contribution in [1.82, 2.24) is 15.0 Å². The van der Waals surface area contributed by atoms with Crippen LogP contribution in [0.25, 0.3) is 22.3 Å². The molecule has 2 heterocycles. The first-order valence-electron chi connectivity index (χ1n) is 8.77. The summed E-state index contributed by atoms with van der Waals surface area (Å²) in [6.07, 6.45) is 0. The fraction of sp³-hybridized carbons (Fsp3) is 0.0952. The summed E-state index contributed by atoms with van der Waals surface area (Å²) in [5, 5.41) is 3.29. The maximum Gasteiger partial charge on any atom is 0.222 e. The predicted octanol–water partition coefficient (Wildman–Crippen LogP) is 4.80. The first-order valence-corrected chi connectivity index (χ1v) is 9.56. The zero-order chi connectivity index (χ0) is 20.4. The Bertz CT molecular complexity index is 1200. The third kappa shape index (κ3) is 3.79. The van der Waals surface area contributed by atoms with Crippen LogP contribution in [0, 0.1) is 0 Å². The molecule has 2 aromatic heterocycles. The quantitative estimate of drug-likeness (QED) is 0.449. The van der Waals surface area contributed by atoms with Crippen molar-refractivity contribution >= 4 is 44.4 Å². The normalized spacial score (nSPS) is 10.7. The van der Waals surface area contributed by atoms with Gasteiger partial charge in [0.25, 0.3) is 0 Å². The van der Waals surface area contributed by atoms with Gasteiger partial charge in [0, 0.05) is 10.0 Å². The maximum atomic E-state index is 5.90. The number of aromatic nitrogens is 3. The molecule has 0 unspecified atom stereocenters. The molecule has 0 atom stereocenters. The molecule has 7 nitrogen and oxygen atoms in total. The van der Waals surface area contributed by atoms with Gasteiger partial charge < -0.3 is 20.5 Å². The Labute approximate surface area is 176 Å². The number of rotatable bonds is 5. The molecule has 0 aliphatic rings. The van der Waals surface area contributed by atoms with Gasteiger partial charge in [0.2, 0.25) is 5.95 Å². The number of hydrogen-bond acceptors (Lipinski definition) is 7. The van der Waals surface area contributed by atoms with Crippen molar-refractivity contribution in [3.63, 3.8) is 0 Å². The van der Waals surface area contributed by atoms with E-state index in [-0.39, 0.29) is 5.95 Å². The standard InChI is InChI=1S/C21H18BrN5O2/c1-28-17-10-7-12(11-18(17)29-2)14-8-9-16-19(24-14)20(27-21(23)26-16)25-15-6-4-3-5-13(15)22/h3-11H,1-2H3,(H3,23,25,26,27). The molecule has 0 saturated heterocycles. The van der Waals surface area contributed by atoms with E-state index in [1.807, 2.05) is 54.6 Å². The summed E-state index contributed by atoms with van der Waals surface area (Å²) in [7, 11) is 3.21. The molecule has 8 heteroatoms. The topological polar surface area (TPSA) is 95.2 Å². The van der Waals surface area contributed by atoms with E-state index in [1.165, 1.54) is 0 Å². The molecule has 146 valence electrons. The number of ether oxygens (including phenoxy) is 2. The van der Waals surface area contributed by atoms with Crippen LogP contribution in [-0.2, 0) is 0 Å². The number of methoxy groups -OCH3 is 2. The summed E-state index contributed by atoms with van der Waals surface area (Å²) in [6.45, 7) is 0. The van der Waals surface area contributed by atoms with Crippen molar-refractivity contribution in [2.45, 2.75) is 0 Å². The van der Waals surface area contributed by atoms with E-state index in [4.69, 9.17) is 20.2 Å². The molecule has 0 aliphatic heterocycles. The van der Waals surface area contributed by atoms with Gasteiger partial charge in [0.15, 0.2) is 17.3 Å². The molecule has 0 fully saturated rings. The molecule has 0 bridgehead atoms. The van der Waals surface area contributed by atoms with Crippen molar-refractivity contribution in [3.05, 3.63) is 59.1 Å². The zero-order valence-corrected chi connectivity index (χ0v) is 17.4. The summed E-state index contributed by atoms with van der Waals surface area (Å²) in [5.41, 5.74) is 9.65. The van der Waals surface area contributed by atoms with E-state index in [0.717, 1.165) is 21.4 Å². The lowest BCUT2D eigenvalue weighted by atomic mass is 10.1. The third-order valence-corrected chi connectivity index (χ3v) is 5.06. The summed E-state index contributed by atoms with van der Waals surface area (Å²) in [4.78, 5) is 13.5. The van der Waals surface area contributed by atoms with E-state index < -0.39 is 0 Å². The van der Waals surface area contributed by atoms with Crippen LogP contribution >= 0.6 is 15.9 Å². The Morgan fingerprint density at radius 3 is 2.45 bits per heavy atom. The number of hydrogen-bond donors (Lipinski definition) is 2. The predicted molar refractivity (Wildman–Crippen MR) is 118 cm³/mol. The van der Waals surface area contributed by atoms with E-state index >= 15 is 0 Å². The van der Waals surface area contributed by atoms with Crippen LogP contribution < -0.4 is 20.5 Å². The lowest BCUT2D eigenvalue weighted by molar-refractivity contribution is 0.355. The molecular weight excluding hydrogens is 434 g/mol. The summed E-state index contributed by atoms with van der Waals surface area (Å²) in [6, 6.07) is 17.2. The number of halogens is 1. The van der Waals surface area contributed by atoms with Crippen molar-refractivity contribution < 1.29 is 9.47 Å². The molecule has 4 aromatic rings. The van der Waals surface area contributed by atoms with E-state index in [2.05, 4.69) is 31.2 Å². The number of fused-ring (bicyclic) bond motifs is 1. The highest BCUT2D eigenvalue weighted by molar-refractivity contribution is 9.10. The number of nitrogens with one attached hydrogen (secondary N) is 1. The number of benzene rings is 2. The molecule has 0 aliphatic carbocycles. The van der Waals surface area contributed by atoms with Gasteiger partial charge in [-0.15, -0.1) is 0 Å². The Kier molecular flexibility index (Phi) is 5.18. The Morgan fingerprint density at radius 2 is 1.69 bits per heavy atom. The van der Waals surface area contributed by atoms with E-state index in [9.17, 15) is 0 Å². The highest BCUT2D eigenvalue weighted by Crippen LogP contribution is 2.33. The second-order valence-electron chi connectivity index (χ2n) is 6.17. The number of nitrogen functional groups attached to an aromatic ring is 1. The maximum absolute atomic E-state index is 5.90. The minimum Gasteiger partial charge on any atom is -0.493 e. The highest BCUT2D eigenvalue weighted by atomic mass is 79.9. The summed E-state index contributed by atoms with van der Waals surface area (Å²) >= 11 is 3.53. The summed E-state index contributed by atoms with van der Waals surface area (Å²) in [5.74, 6) is 1.99. The van der Waals surface area contributed by atoms with Crippen LogP contribution in [-0.4, -0.2) is 29.2 Å². The van der Waals surface area contributed by atoms with Crippen LogP contribution in [0.5, 0.6) is 11.5 Å². The van der Waals surface area contributed by atoms with E-state index in [1.54, 1.807) is 14.2 Å². The van der Waals surface area contributed by atoms with Gasteiger partial charge in [-0.25, -0.2) is 9.97 Å². The number of pyridine rings is 1. The van der Waals surface area contributed by atoms with E-state index in [0.29, 0.717) is 28.4 Å². The number of nitrogens with two attached hydrogens (primary N) is 1. The molecule has 3 N–H and O–H groups in total. The lowest BCUT2D eigenvalue weighted by Crippen LogP contribution is -2.03. The van der Waals surface area contributed by atoms with Crippen molar-refractivity contribution in [1.29, 1.82) is 0 Å². The van der Waals surface area contributed by atoms with Crippen LogP contribution in [0.3, 0.4) is 0 Å². The molecule has 0 radical (unpaired) electrons. The monoisotopic (exact) mass is 451 g/mol. The molecule has 4 rings (SSSR count). The van der Waals surface area contributed by atoms with Gasteiger partial charge in [0.1, 0.15) is 5.52 Å². The number of anilines is 3. The molecular formula is C21H18BrN5O2. The highest BCUT2D eigenvalue weighted by Gasteiger charge is 2.13. The fourth-order valence-corrected chi connectivity index (χ4v) is 3.35. The van der Waals surface area contributed by atoms with Gasteiger partial charge in [-0.1, -0.05) is 12.1 Å². The Hall–Kier alpha value is -3.39. The van der Waals surface area contributed by atoms with Crippen LogP contribution in [0.1, 0.15) is 0 Å². The molecule has 0 amide bonds. The lowest BCUT2D eigenvalue weighted by Gasteiger charge is -2.12. The number of para-hydroxylation sites is 1. The van der Waals surface area contributed by atoms with Crippen molar-refractivity contribution in [2.75, 3.05) is 25.3 Å². The molecule has 2 aromatic carbocycles. The smallest absolute Gasteiger partial charge is 0.222 e. The third-order valence-electron chi connectivity index (χ3n) is 4.37. The van der Waals surface area contributed by atoms with Gasteiger partial charge >= 0.3 is 0 Å². The minimum atomic E-state index is 0.174. The second kappa shape index (κ2) is 7.92. The number of nitrogens with zero attached hydrogens (tertiary/aromatic N) is 3. The van der Waals surface area contributed by atoms with Gasteiger partial charge in [-0.3, -0.25) is 0 Å². The molecule has 29 heavy (non-hydrogen) atoms. The van der Waals surface area contributed by atoms with Gasteiger partial charge in [0.05, 0.1) is 31.1 Å². The Balaban J connectivity index is 1.83. The second-order valence-corrected chi connectivity index (χ2v) is 7.02. The van der Waals surface area contributed by atoms with Crippen LogP contribution in [0.15, 0.2) is 59.1 Å². The SMILES string of the molecule is COc1ccc(-c2ccc3nc(N)nc(Nc4ccccc4Br)c3n2)cc1OC. The zero-order valence-electron chi connectivity index (χ0n) is 15.8. The van der Waals surface area contributed by atoms with Crippen LogP contribution in [0.2, 0.25) is 0 Å². The van der Waals surface area contributed by atoms with Gasteiger partial charge in [-0.2, -0.15) is 4.98 Å². The van der Waals surface area contributed by atoms with Crippen LogP contribution in [0.4, 0.5) is 17.5 Å². The summed E-state index contributed by atoms with van der Waals surface area (Å²) < 4.78 is 11.6.